The molecule has 19 heavy (non-hydrogen) atoms. The molecule has 3 rings (SSSR count). The SMILES string of the molecule is CN1CCCCC1CNCc1ccc2c(c1)CCC2. The zero-order valence-electron chi connectivity index (χ0n) is 12.1. The van der Waals surface area contributed by atoms with E-state index < -0.39 is 0 Å². The number of benzene rings is 1. The van der Waals surface area contributed by atoms with Crippen molar-refractivity contribution in [3.63, 3.8) is 0 Å². The second-order valence-electron chi connectivity index (χ2n) is 6.22. The van der Waals surface area contributed by atoms with Gasteiger partial charge < -0.3 is 10.2 Å². The van der Waals surface area contributed by atoms with Gasteiger partial charge in [0, 0.05) is 19.1 Å². The van der Waals surface area contributed by atoms with Crippen molar-refractivity contribution in [2.45, 2.75) is 51.1 Å². The van der Waals surface area contributed by atoms with Gasteiger partial charge in [0.15, 0.2) is 0 Å². The first-order valence-electron chi connectivity index (χ1n) is 7.84. The molecule has 2 heteroatoms. The average Bonchev–Trinajstić information content (AvgIpc) is 2.88. The molecule has 104 valence electrons. The van der Waals surface area contributed by atoms with E-state index in [1.54, 1.807) is 11.1 Å². The van der Waals surface area contributed by atoms with Crippen LogP contribution >= 0.6 is 0 Å². The lowest BCUT2D eigenvalue weighted by Gasteiger charge is -2.32. The quantitative estimate of drug-likeness (QED) is 0.893. The molecule has 1 heterocycles. The summed E-state index contributed by atoms with van der Waals surface area (Å²) in [5.74, 6) is 0. The normalized spacial score (nSPS) is 23.5. The summed E-state index contributed by atoms with van der Waals surface area (Å²) >= 11 is 0. The van der Waals surface area contributed by atoms with Crippen molar-refractivity contribution in [2.75, 3.05) is 20.1 Å². The number of piperidine rings is 1. The Bertz CT molecular complexity index is 427. The van der Waals surface area contributed by atoms with Crippen molar-refractivity contribution >= 4 is 0 Å². The third kappa shape index (κ3) is 3.18. The summed E-state index contributed by atoms with van der Waals surface area (Å²) in [7, 11) is 2.26. The zero-order valence-corrected chi connectivity index (χ0v) is 12.1. The fraction of sp³-hybridized carbons (Fsp3) is 0.647. The number of hydrogen-bond donors (Lipinski definition) is 1. The van der Waals surface area contributed by atoms with Gasteiger partial charge in [0.2, 0.25) is 0 Å². The first-order chi connectivity index (χ1) is 9.33. The number of aryl methyl sites for hydroxylation is 2. The molecule has 1 unspecified atom stereocenters. The van der Waals surface area contributed by atoms with E-state index in [4.69, 9.17) is 0 Å². The monoisotopic (exact) mass is 258 g/mol. The topological polar surface area (TPSA) is 15.3 Å². The molecule has 1 fully saturated rings. The Morgan fingerprint density at radius 2 is 2.05 bits per heavy atom. The van der Waals surface area contributed by atoms with Crippen LogP contribution < -0.4 is 5.32 Å². The van der Waals surface area contributed by atoms with Crippen molar-refractivity contribution in [3.8, 4) is 0 Å². The highest BCUT2D eigenvalue weighted by molar-refractivity contribution is 5.35. The van der Waals surface area contributed by atoms with E-state index in [-0.39, 0.29) is 0 Å². The Labute approximate surface area is 117 Å². The lowest BCUT2D eigenvalue weighted by Crippen LogP contribution is -2.42. The number of rotatable bonds is 4. The fourth-order valence-corrected chi connectivity index (χ4v) is 3.52. The number of fused-ring (bicyclic) bond motifs is 1. The Balaban J connectivity index is 1.49. The third-order valence-electron chi connectivity index (χ3n) is 4.79. The first kappa shape index (κ1) is 13.1. The van der Waals surface area contributed by atoms with Crippen molar-refractivity contribution in [1.29, 1.82) is 0 Å². The van der Waals surface area contributed by atoms with Crippen LogP contribution in [0.2, 0.25) is 0 Å². The number of nitrogens with zero attached hydrogens (tertiary/aromatic N) is 1. The molecule has 0 amide bonds. The van der Waals surface area contributed by atoms with Crippen LogP contribution in [0.4, 0.5) is 0 Å². The first-order valence-corrected chi connectivity index (χ1v) is 7.84. The van der Waals surface area contributed by atoms with Crippen molar-refractivity contribution in [2.24, 2.45) is 0 Å². The number of likely N-dealkylation sites (tertiary alicyclic amines) is 1. The Morgan fingerprint density at radius 3 is 2.95 bits per heavy atom. The summed E-state index contributed by atoms with van der Waals surface area (Å²) in [4.78, 5) is 2.51. The molecular formula is C17H26N2. The number of likely N-dealkylation sites (N-methyl/N-ethyl adjacent to an activating group) is 1. The molecule has 0 aromatic heterocycles. The maximum absolute atomic E-state index is 3.65. The highest BCUT2D eigenvalue weighted by atomic mass is 15.2. The van der Waals surface area contributed by atoms with E-state index in [9.17, 15) is 0 Å². The van der Waals surface area contributed by atoms with Crippen LogP contribution in [0, 0.1) is 0 Å². The van der Waals surface area contributed by atoms with Gasteiger partial charge >= 0.3 is 0 Å². The molecule has 1 saturated heterocycles. The van der Waals surface area contributed by atoms with E-state index in [2.05, 4.69) is 35.5 Å². The summed E-state index contributed by atoms with van der Waals surface area (Å²) in [5, 5.41) is 3.65. The second kappa shape index (κ2) is 6.06. The Morgan fingerprint density at radius 1 is 1.16 bits per heavy atom. The van der Waals surface area contributed by atoms with Gasteiger partial charge in [-0.1, -0.05) is 24.6 Å². The van der Waals surface area contributed by atoms with Crippen LogP contribution in [0.5, 0.6) is 0 Å². The lowest BCUT2D eigenvalue weighted by molar-refractivity contribution is 0.181. The van der Waals surface area contributed by atoms with Crippen LogP contribution in [0.15, 0.2) is 18.2 Å². The largest absolute Gasteiger partial charge is 0.311 e. The molecule has 0 bridgehead atoms. The van der Waals surface area contributed by atoms with Crippen LogP contribution in [-0.2, 0) is 19.4 Å². The standard InChI is InChI=1S/C17H26N2/c1-19-10-3-2-7-17(19)13-18-12-14-8-9-15-5-4-6-16(15)11-14/h8-9,11,17-18H,2-7,10,12-13H2,1H3. The summed E-state index contributed by atoms with van der Waals surface area (Å²) in [6.45, 7) is 3.43. The van der Waals surface area contributed by atoms with Gasteiger partial charge in [-0.15, -0.1) is 0 Å². The average molecular weight is 258 g/mol. The molecule has 2 nitrogen and oxygen atoms in total. The van der Waals surface area contributed by atoms with Crippen LogP contribution in [0.3, 0.4) is 0 Å². The molecule has 2 aliphatic rings. The predicted molar refractivity (Wildman–Crippen MR) is 80.4 cm³/mol. The van der Waals surface area contributed by atoms with Crippen LogP contribution in [0.25, 0.3) is 0 Å². The van der Waals surface area contributed by atoms with Gasteiger partial charge in [-0.25, -0.2) is 0 Å². The molecule has 1 atom stereocenters. The lowest BCUT2D eigenvalue weighted by atomic mass is 10.0. The minimum Gasteiger partial charge on any atom is -0.311 e. The van der Waals surface area contributed by atoms with E-state index in [0.29, 0.717) is 0 Å². The summed E-state index contributed by atoms with van der Waals surface area (Å²) < 4.78 is 0. The summed E-state index contributed by atoms with van der Waals surface area (Å²) in [5.41, 5.74) is 4.63. The Kier molecular flexibility index (Phi) is 4.19. The maximum Gasteiger partial charge on any atom is 0.0217 e. The van der Waals surface area contributed by atoms with E-state index >= 15 is 0 Å². The summed E-state index contributed by atoms with van der Waals surface area (Å²) in [6.07, 6.45) is 8.05. The fourth-order valence-electron chi connectivity index (χ4n) is 3.52. The minimum absolute atomic E-state index is 0.739. The minimum atomic E-state index is 0.739. The number of nitrogens with one attached hydrogen (secondary N) is 1. The predicted octanol–water partition coefficient (Wildman–Crippen LogP) is 2.75. The molecule has 1 aliphatic carbocycles. The van der Waals surface area contributed by atoms with Gasteiger partial charge in [-0.2, -0.15) is 0 Å². The molecule has 1 aliphatic heterocycles. The third-order valence-corrected chi connectivity index (χ3v) is 4.79. The molecule has 1 N–H and O–H groups in total. The van der Waals surface area contributed by atoms with Crippen molar-refractivity contribution in [1.82, 2.24) is 10.2 Å². The highest BCUT2D eigenvalue weighted by Gasteiger charge is 2.18. The van der Waals surface area contributed by atoms with Gasteiger partial charge in [0.25, 0.3) is 0 Å². The second-order valence-corrected chi connectivity index (χ2v) is 6.22. The van der Waals surface area contributed by atoms with Crippen LogP contribution in [0.1, 0.15) is 42.4 Å². The van der Waals surface area contributed by atoms with E-state index in [1.807, 2.05) is 0 Å². The number of hydrogen-bond acceptors (Lipinski definition) is 2. The van der Waals surface area contributed by atoms with Gasteiger partial charge in [0.05, 0.1) is 0 Å². The van der Waals surface area contributed by atoms with E-state index in [1.165, 1.54) is 50.6 Å². The van der Waals surface area contributed by atoms with Crippen molar-refractivity contribution in [3.05, 3.63) is 34.9 Å². The van der Waals surface area contributed by atoms with Gasteiger partial charge in [-0.05, 0) is 62.4 Å². The smallest absolute Gasteiger partial charge is 0.0217 e. The van der Waals surface area contributed by atoms with Gasteiger partial charge in [0.1, 0.15) is 0 Å². The molecule has 1 aromatic rings. The van der Waals surface area contributed by atoms with Crippen molar-refractivity contribution < 1.29 is 0 Å². The molecule has 1 aromatic carbocycles. The molecule has 0 saturated carbocycles. The molecular weight excluding hydrogens is 232 g/mol. The highest BCUT2D eigenvalue weighted by Crippen LogP contribution is 2.22. The molecule has 0 spiro atoms. The maximum atomic E-state index is 3.65. The van der Waals surface area contributed by atoms with E-state index in [0.717, 1.165) is 19.1 Å². The van der Waals surface area contributed by atoms with Gasteiger partial charge in [-0.3, -0.25) is 0 Å². The zero-order chi connectivity index (χ0) is 13.1. The summed E-state index contributed by atoms with van der Waals surface area (Å²) in [6, 6.07) is 7.80. The molecule has 0 radical (unpaired) electrons. The van der Waals surface area contributed by atoms with Crippen LogP contribution in [-0.4, -0.2) is 31.1 Å². The Hall–Kier alpha value is -0.860.